The summed E-state index contributed by atoms with van der Waals surface area (Å²) in [4.78, 5) is 26.3. The number of halogens is 4. The number of hydrogen-bond donors (Lipinski definition) is 2. The maximum Gasteiger partial charge on any atom is 0.418 e. The van der Waals surface area contributed by atoms with E-state index >= 15 is 0 Å². The van der Waals surface area contributed by atoms with Crippen LogP contribution in [0.1, 0.15) is 31.7 Å². The molecule has 0 aromatic heterocycles. The van der Waals surface area contributed by atoms with Crippen LogP contribution in [0.4, 0.5) is 18.9 Å². The Morgan fingerprint density at radius 3 is 2.60 bits per heavy atom. The Labute approximate surface area is 179 Å². The number of ether oxygens (including phenoxy) is 1. The molecule has 10 heteroatoms. The van der Waals surface area contributed by atoms with Crippen LogP contribution in [0.5, 0.6) is 0 Å². The molecule has 1 aliphatic rings. The van der Waals surface area contributed by atoms with Gasteiger partial charge in [-0.3, -0.25) is 14.5 Å². The highest BCUT2D eigenvalue weighted by Gasteiger charge is 2.34. The minimum atomic E-state index is -4.62. The maximum absolute atomic E-state index is 13.1. The van der Waals surface area contributed by atoms with E-state index in [1.54, 1.807) is 0 Å². The Morgan fingerprint density at radius 2 is 1.97 bits per heavy atom. The van der Waals surface area contributed by atoms with Crippen molar-refractivity contribution in [2.75, 3.05) is 44.7 Å². The van der Waals surface area contributed by atoms with E-state index in [-0.39, 0.29) is 29.1 Å². The van der Waals surface area contributed by atoms with Crippen LogP contribution < -0.4 is 10.6 Å². The number of piperidine rings is 1. The van der Waals surface area contributed by atoms with Gasteiger partial charge in [0.25, 0.3) is 0 Å². The van der Waals surface area contributed by atoms with Gasteiger partial charge in [0.05, 0.1) is 17.8 Å². The second kappa shape index (κ2) is 11.5. The summed E-state index contributed by atoms with van der Waals surface area (Å²) in [5.41, 5.74) is -1.30. The van der Waals surface area contributed by atoms with Gasteiger partial charge in [0, 0.05) is 30.7 Å². The average molecular weight is 450 g/mol. The molecule has 0 bridgehead atoms. The Morgan fingerprint density at radius 1 is 1.27 bits per heavy atom. The first-order chi connectivity index (χ1) is 14.2. The molecule has 0 saturated carbocycles. The lowest BCUT2D eigenvalue weighted by Crippen LogP contribution is -2.43. The first-order valence-electron chi connectivity index (χ1n) is 9.95. The molecule has 1 aromatic rings. The highest BCUT2D eigenvalue weighted by molar-refractivity contribution is 6.30. The number of anilines is 1. The first-order valence-corrected chi connectivity index (χ1v) is 10.3. The highest BCUT2D eigenvalue weighted by Crippen LogP contribution is 2.36. The van der Waals surface area contributed by atoms with Crippen molar-refractivity contribution in [1.82, 2.24) is 10.2 Å². The van der Waals surface area contributed by atoms with E-state index in [2.05, 4.69) is 10.6 Å². The van der Waals surface area contributed by atoms with Gasteiger partial charge >= 0.3 is 6.18 Å². The maximum atomic E-state index is 13.1. The number of nitrogens with zero attached hydrogens (tertiary/aromatic N) is 1. The summed E-state index contributed by atoms with van der Waals surface area (Å²) in [6.07, 6.45) is -2.68. The number of carbonyl (C=O) groups is 2. The van der Waals surface area contributed by atoms with Gasteiger partial charge in [-0.25, -0.2) is 0 Å². The monoisotopic (exact) mass is 449 g/mol. The average Bonchev–Trinajstić information content (AvgIpc) is 2.69. The predicted molar refractivity (Wildman–Crippen MR) is 108 cm³/mol. The molecule has 0 atom stereocenters. The number of nitrogens with one attached hydrogen (secondary N) is 2. The fourth-order valence-electron chi connectivity index (χ4n) is 3.28. The molecule has 0 radical (unpaired) electrons. The SMILES string of the molecule is CCOCCCNC(=O)C1CCN(CC(=O)Nc2ccc(Cl)cc2C(F)(F)F)CC1. The van der Waals surface area contributed by atoms with Crippen molar-refractivity contribution in [3.8, 4) is 0 Å². The summed E-state index contributed by atoms with van der Waals surface area (Å²) in [6, 6.07) is 3.23. The van der Waals surface area contributed by atoms with E-state index in [4.69, 9.17) is 16.3 Å². The van der Waals surface area contributed by atoms with Crippen molar-refractivity contribution in [3.63, 3.8) is 0 Å². The fraction of sp³-hybridized carbons (Fsp3) is 0.600. The van der Waals surface area contributed by atoms with Crippen molar-refractivity contribution in [1.29, 1.82) is 0 Å². The number of carbonyl (C=O) groups excluding carboxylic acids is 2. The highest BCUT2D eigenvalue weighted by atomic mass is 35.5. The van der Waals surface area contributed by atoms with Gasteiger partial charge in [0.15, 0.2) is 0 Å². The van der Waals surface area contributed by atoms with Crippen LogP contribution in [0.25, 0.3) is 0 Å². The Kier molecular flexibility index (Phi) is 9.38. The zero-order chi connectivity index (χ0) is 22.1. The van der Waals surface area contributed by atoms with Crippen LogP contribution in [0.2, 0.25) is 5.02 Å². The Balaban J connectivity index is 1.78. The number of alkyl halides is 3. The molecule has 1 aromatic carbocycles. The molecule has 168 valence electrons. The molecule has 6 nitrogen and oxygen atoms in total. The molecule has 1 aliphatic heterocycles. The largest absolute Gasteiger partial charge is 0.418 e. The summed E-state index contributed by atoms with van der Waals surface area (Å²) >= 11 is 5.65. The summed E-state index contributed by atoms with van der Waals surface area (Å²) in [7, 11) is 0. The summed E-state index contributed by atoms with van der Waals surface area (Å²) in [5, 5.41) is 5.15. The molecular formula is C20H27ClF3N3O3. The fourth-order valence-corrected chi connectivity index (χ4v) is 3.45. The topological polar surface area (TPSA) is 70.7 Å². The van der Waals surface area contributed by atoms with Crippen LogP contribution in [0, 0.1) is 5.92 Å². The van der Waals surface area contributed by atoms with E-state index < -0.39 is 17.6 Å². The lowest BCUT2D eigenvalue weighted by atomic mass is 9.96. The molecule has 0 spiro atoms. The number of rotatable bonds is 9. The minimum Gasteiger partial charge on any atom is -0.382 e. The van der Waals surface area contributed by atoms with Gasteiger partial charge in [0.1, 0.15) is 0 Å². The molecule has 2 rings (SSSR count). The molecule has 1 saturated heterocycles. The van der Waals surface area contributed by atoms with Gasteiger partial charge in [0.2, 0.25) is 11.8 Å². The van der Waals surface area contributed by atoms with Crippen LogP contribution in [0.3, 0.4) is 0 Å². The van der Waals surface area contributed by atoms with E-state index in [1.807, 2.05) is 11.8 Å². The lowest BCUT2D eigenvalue weighted by Gasteiger charge is -2.30. The second-order valence-electron chi connectivity index (χ2n) is 7.13. The third-order valence-electron chi connectivity index (χ3n) is 4.86. The number of benzene rings is 1. The van der Waals surface area contributed by atoms with Gasteiger partial charge in [-0.15, -0.1) is 0 Å². The van der Waals surface area contributed by atoms with E-state index in [0.29, 0.717) is 45.7 Å². The zero-order valence-corrected chi connectivity index (χ0v) is 17.6. The van der Waals surface area contributed by atoms with E-state index in [0.717, 1.165) is 18.6 Å². The standard InChI is InChI=1S/C20H27ClF3N3O3/c1-2-30-11-3-8-25-19(29)14-6-9-27(10-7-14)13-18(28)26-17-5-4-15(21)12-16(17)20(22,23)24/h4-5,12,14H,2-3,6-11,13H2,1H3,(H,25,29)(H,26,28). The number of hydrogen-bond acceptors (Lipinski definition) is 4. The van der Waals surface area contributed by atoms with Crippen molar-refractivity contribution in [3.05, 3.63) is 28.8 Å². The molecule has 0 aliphatic carbocycles. The van der Waals surface area contributed by atoms with Gasteiger partial charge in [-0.05, 0) is 57.5 Å². The van der Waals surface area contributed by atoms with Gasteiger partial charge in [-0.2, -0.15) is 13.2 Å². The minimum absolute atomic E-state index is 0.00779. The molecule has 0 unspecified atom stereocenters. The van der Waals surface area contributed by atoms with Crippen molar-refractivity contribution < 1.29 is 27.5 Å². The summed E-state index contributed by atoms with van der Waals surface area (Å²) < 4.78 is 44.6. The van der Waals surface area contributed by atoms with Crippen LogP contribution in [0.15, 0.2) is 18.2 Å². The summed E-state index contributed by atoms with van der Waals surface area (Å²) in [6.45, 7) is 4.74. The second-order valence-corrected chi connectivity index (χ2v) is 7.56. The van der Waals surface area contributed by atoms with Crippen molar-refractivity contribution >= 4 is 29.1 Å². The third kappa shape index (κ3) is 7.77. The number of likely N-dealkylation sites (tertiary alicyclic amines) is 1. The predicted octanol–water partition coefficient (Wildman–Crippen LogP) is 3.55. The normalized spacial score (nSPS) is 15.8. The van der Waals surface area contributed by atoms with E-state index in [1.165, 1.54) is 6.07 Å². The van der Waals surface area contributed by atoms with E-state index in [9.17, 15) is 22.8 Å². The molecule has 2 N–H and O–H groups in total. The smallest absolute Gasteiger partial charge is 0.382 e. The van der Waals surface area contributed by atoms with Gasteiger partial charge in [-0.1, -0.05) is 11.6 Å². The summed E-state index contributed by atoms with van der Waals surface area (Å²) in [5.74, 6) is -0.669. The molecule has 2 amide bonds. The van der Waals surface area contributed by atoms with Crippen LogP contribution in [-0.2, 0) is 20.5 Å². The van der Waals surface area contributed by atoms with Crippen molar-refractivity contribution in [2.45, 2.75) is 32.4 Å². The van der Waals surface area contributed by atoms with Gasteiger partial charge < -0.3 is 15.4 Å². The lowest BCUT2D eigenvalue weighted by molar-refractivity contribution is -0.137. The Bertz CT molecular complexity index is 723. The molecule has 1 fully saturated rings. The third-order valence-corrected chi connectivity index (χ3v) is 5.09. The van der Waals surface area contributed by atoms with Crippen LogP contribution in [-0.4, -0.2) is 56.1 Å². The first kappa shape index (κ1) is 24.4. The Hall–Kier alpha value is -1.84. The zero-order valence-electron chi connectivity index (χ0n) is 16.9. The molecular weight excluding hydrogens is 423 g/mol. The number of amides is 2. The van der Waals surface area contributed by atoms with Crippen LogP contribution >= 0.6 is 11.6 Å². The molecule has 1 heterocycles. The molecule has 30 heavy (non-hydrogen) atoms. The quantitative estimate of drug-likeness (QED) is 0.566. The van der Waals surface area contributed by atoms with Crippen molar-refractivity contribution in [2.24, 2.45) is 5.92 Å².